The molecule has 0 saturated heterocycles. The Bertz CT molecular complexity index is 663. The number of rotatable bonds is 8. The number of carbonyl (C=O) groups excluding carboxylic acids is 1. The van der Waals surface area contributed by atoms with Crippen molar-refractivity contribution in [3.05, 3.63) is 58.4 Å². The third-order valence-electron chi connectivity index (χ3n) is 3.06. The van der Waals surface area contributed by atoms with Crippen LogP contribution in [0.1, 0.15) is 12.0 Å². The maximum Gasteiger partial charge on any atom is 0.273 e. The number of aromatic nitrogens is 2. The first-order valence-electron chi connectivity index (χ1n) is 7.16. The van der Waals surface area contributed by atoms with Gasteiger partial charge in [0, 0.05) is 37.1 Å². The van der Waals surface area contributed by atoms with E-state index in [0.29, 0.717) is 31.0 Å². The van der Waals surface area contributed by atoms with Gasteiger partial charge in [-0.2, -0.15) is 0 Å². The van der Waals surface area contributed by atoms with Crippen LogP contribution in [-0.2, 0) is 11.2 Å². The highest BCUT2D eigenvalue weighted by Crippen LogP contribution is 2.17. The molecular formula is C15H17N5O3. The van der Waals surface area contributed by atoms with Gasteiger partial charge in [0.25, 0.3) is 5.69 Å². The lowest BCUT2D eigenvalue weighted by atomic mass is 10.1. The Hall–Kier alpha value is -3.03. The lowest BCUT2D eigenvalue weighted by Crippen LogP contribution is -2.27. The van der Waals surface area contributed by atoms with Gasteiger partial charge in [-0.1, -0.05) is 18.2 Å². The third kappa shape index (κ3) is 5.34. The first-order chi connectivity index (χ1) is 11.2. The highest BCUT2D eigenvalue weighted by atomic mass is 16.6. The number of nitrogens with one attached hydrogen (secondary N) is 2. The first-order valence-corrected chi connectivity index (χ1v) is 7.16. The van der Waals surface area contributed by atoms with E-state index < -0.39 is 4.92 Å². The largest absolute Gasteiger partial charge is 0.356 e. The summed E-state index contributed by atoms with van der Waals surface area (Å²) in [6, 6.07) is 7.98. The first kappa shape index (κ1) is 16.3. The fraction of sp³-hybridized carbons (Fsp3) is 0.267. The molecule has 0 aliphatic heterocycles. The van der Waals surface area contributed by atoms with E-state index in [1.807, 2.05) is 0 Å². The molecule has 0 atom stereocenters. The second kappa shape index (κ2) is 8.42. The summed E-state index contributed by atoms with van der Waals surface area (Å²) < 4.78 is 0. The average Bonchev–Trinajstić information content (AvgIpc) is 2.56. The lowest BCUT2D eigenvalue weighted by Gasteiger charge is -2.07. The molecule has 0 saturated carbocycles. The monoisotopic (exact) mass is 315 g/mol. The van der Waals surface area contributed by atoms with Crippen molar-refractivity contribution in [3.8, 4) is 0 Å². The Morgan fingerprint density at radius 3 is 2.61 bits per heavy atom. The van der Waals surface area contributed by atoms with E-state index in [-0.39, 0.29) is 18.0 Å². The third-order valence-corrected chi connectivity index (χ3v) is 3.06. The van der Waals surface area contributed by atoms with Crippen molar-refractivity contribution < 1.29 is 9.72 Å². The molecule has 1 aromatic carbocycles. The number of hydrogen-bond acceptors (Lipinski definition) is 6. The molecule has 0 fully saturated rings. The lowest BCUT2D eigenvalue weighted by molar-refractivity contribution is -0.385. The molecule has 2 rings (SSSR count). The summed E-state index contributed by atoms with van der Waals surface area (Å²) in [5.41, 5.74) is 0.372. The van der Waals surface area contributed by atoms with Crippen LogP contribution >= 0.6 is 0 Å². The van der Waals surface area contributed by atoms with E-state index in [1.165, 1.54) is 6.07 Å². The molecule has 0 aliphatic carbocycles. The zero-order chi connectivity index (χ0) is 16.5. The summed E-state index contributed by atoms with van der Waals surface area (Å²) in [6.45, 7) is 1.09. The van der Waals surface area contributed by atoms with E-state index in [1.54, 1.807) is 36.7 Å². The number of nitro benzene ring substituents is 1. The van der Waals surface area contributed by atoms with E-state index in [0.717, 1.165) is 0 Å². The molecule has 0 aliphatic rings. The molecule has 23 heavy (non-hydrogen) atoms. The molecule has 1 amide bonds. The SMILES string of the molecule is O=C(Cc1ccccc1[N+](=O)[O-])NCCCNc1ncccn1. The molecule has 8 heteroatoms. The van der Waals surface area contributed by atoms with E-state index in [9.17, 15) is 14.9 Å². The van der Waals surface area contributed by atoms with Gasteiger partial charge in [-0.3, -0.25) is 14.9 Å². The minimum absolute atomic E-state index is 0.00756. The predicted molar refractivity (Wildman–Crippen MR) is 84.9 cm³/mol. The maximum absolute atomic E-state index is 11.8. The van der Waals surface area contributed by atoms with E-state index in [2.05, 4.69) is 20.6 Å². The summed E-state index contributed by atoms with van der Waals surface area (Å²) in [5, 5.41) is 16.7. The number of nitrogens with zero attached hydrogens (tertiary/aromatic N) is 3. The van der Waals surface area contributed by atoms with Crippen molar-refractivity contribution in [1.29, 1.82) is 0 Å². The second-order valence-electron chi connectivity index (χ2n) is 4.77. The highest BCUT2D eigenvalue weighted by Gasteiger charge is 2.14. The normalized spacial score (nSPS) is 10.1. The minimum atomic E-state index is -0.480. The Balaban J connectivity index is 1.70. The number of anilines is 1. The van der Waals surface area contributed by atoms with Crippen LogP contribution in [0.3, 0.4) is 0 Å². The Labute approximate surface area is 133 Å². The summed E-state index contributed by atoms with van der Waals surface area (Å²) in [7, 11) is 0. The molecule has 1 aromatic heterocycles. The fourth-order valence-corrected chi connectivity index (χ4v) is 1.98. The van der Waals surface area contributed by atoms with E-state index >= 15 is 0 Å². The van der Waals surface area contributed by atoms with Gasteiger partial charge >= 0.3 is 0 Å². The van der Waals surface area contributed by atoms with Gasteiger partial charge in [0.15, 0.2) is 0 Å². The molecule has 0 radical (unpaired) electrons. The topological polar surface area (TPSA) is 110 Å². The van der Waals surface area contributed by atoms with Crippen molar-refractivity contribution in [3.63, 3.8) is 0 Å². The van der Waals surface area contributed by atoms with Crippen molar-refractivity contribution in [2.24, 2.45) is 0 Å². The number of carbonyl (C=O) groups is 1. The van der Waals surface area contributed by atoms with Gasteiger partial charge in [0.2, 0.25) is 11.9 Å². The maximum atomic E-state index is 11.8. The van der Waals surface area contributed by atoms with Crippen molar-refractivity contribution >= 4 is 17.5 Å². The number of hydrogen-bond donors (Lipinski definition) is 2. The molecule has 0 unspecified atom stereocenters. The molecule has 1 heterocycles. The summed E-state index contributed by atoms with van der Waals surface area (Å²) in [5.74, 6) is 0.300. The molecule has 2 N–H and O–H groups in total. The van der Waals surface area contributed by atoms with Crippen molar-refractivity contribution in [2.45, 2.75) is 12.8 Å². The van der Waals surface area contributed by atoms with Gasteiger partial charge in [0.1, 0.15) is 0 Å². The molecule has 8 nitrogen and oxygen atoms in total. The fourth-order valence-electron chi connectivity index (χ4n) is 1.98. The van der Waals surface area contributed by atoms with E-state index in [4.69, 9.17) is 0 Å². The number of nitro groups is 1. The van der Waals surface area contributed by atoms with Crippen molar-refractivity contribution in [1.82, 2.24) is 15.3 Å². The molecule has 0 bridgehead atoms. The molecule has 2 aromatic rings. The molecule has 0 spiro atoms. The Morgan fingerprint density at radius 1 is 1.13 bits per heavy atom. The van der Waals surface area contributed by atoms with Crippen LogP contribution in [0.5, 0.6) is 0 Å². The van der Waals surface area contributed by atoms with Crippen LogP contribution in [0, 0.1) is 10.1 Å². The molecule has 120 valence electrons. The number of amides is 1. The summed E-state index contributed by atoms with van der Waals surface area (Å²) in [4.78, 5) is 30.3. The number of para-hydroxylation sites is 1. The quantitative estimate of drug-likeness (QED) is 0.434. The zero-order valence-electron chi connectivity index (χ0n) is 12.4. The van der Waals surface area contributed by atoms with Crippen LogP contribution in [0.15, 0.2) is 42.7 Å². The van der Waals surface area contributed by atoms with Gasteiger partial charge in [0.05, 0.1) is 11.3 Å². The molecular weight excluding hydrogens is 298 g/mol. The standard InChI is InChI=1S/C15H17N5O3/c21-14(11-12-5-1-2-6-13(12)20(22)23)16-7-3-8-17-15-18-9-4-10-19-15/h1-2,4-6,9-10H,3,7-8,11H2,(H,16,21)(H,17,18,19). The summed E-state index contributed by atoms with van der Waals surface area (Å²) in [6.07, 6.45) is 3.97. The minimum Gasteiger partial charge on any atom is -0.356 e. The van der Waals surface area contributed by atoms with Crippen LogP contribution in [0.4, 0.5) is 11.6 Å². The van der Waals surface area contributed by atoms with Gasteiger partial charge < -0.3 is 10.6 Å². The van der Waals surface area contributed by atoms with Crippen LogP contribution in [0.25, 0.3) is 0 Å². The second-order valence-corrected chi connectivity index (χ2v) is 4.77. The van der Waals surface area contributed by atoms with Crippen molar-refractivity contribution in [2.75, 3.05) is 18.4 Å². The van der Waals surface area contributed by atoms with Crippen LogP contribution < -0.4 is 10.6 Å². The summed E-state index contributed by atoms with van der Waals surface area (Å²) >= 11 is 0. The van der Waals surface area contributed by atoms with Crippen LogP contribution in [-0.4, -0.2) is 33.9 Å². The van der Waals surface area contributed by atoms with Gasteiger partial charge in [-0.25, -0.2) is 9.97 Å². The zero-order valence-corrected chi connectivity index (χ0v) is 12.4. The predicted octanol–water partition coefficient (Wildman–Crippen LogP) is 1.55. The van der Waals surface area contributed by atoms with Gasteiger partial charge in [-0.15, -0.1) is 0 Å². The number of benzene rings is 1. The Morgan fingerprint density at radius 2 is 1.87 bits per heavy atom. The van der Waals surface area contributed by atoms with Gasteiger partial charge in [-0.05, 0) is 12.5 Å². The van der Waals surface area contributed by atoms with Crippen LogP contribution in [0.2, 0.25) is 0 Å². The highest BCUT2D eigenvalue weighted by molar-refractivity contribution is 5.79. The average molecular weight is 315 g/mol. The Kier molecular flexibility index (Phi) is 5.98. The smallest absolute Gasteiger partial charge is 0.273 e.